The van der Waals surface area contributed by atoms with E-state index in [0.29, 0.717) is 6.61 Å². The summed E-state index contributed by atoms with van der Waals surface area (Å²) in [5, 5.41) is 10.0. The molecule has 0 fully saturated rings. The van der Waals surface area contributed by atoms with Crippen molar-refractivity contribution >= 4 is 28.2 Å². The number of carboxylic acids is 1. The van der Waals surface area contributed by atoms with E-state index in [4.69, 9.17) is 14.6 Å². The Kier molecular flexibility index (Phi) is 5.42. The average Bonchev–Trinajstić information content (AvgIpc) is 3.21. The molecule has 4 aromatic rings. The molecule has 0 aliphatic carbocycles. The van der Waals surface area contributed by atoms with Gasteiger partial charge in [-0.3, -0.25) is 4.79 Å². The summed E-state index contributed by atoms with van der Waals surface area (Å²) in [6.07, 6.45) is 3.64. The van der Waals surface area contributed by atoms with Crippen LogP contribution >= 0.6 is 0 Å². The van der Waals surface area contributed by atoms with Gasteiger partial charge in [0.2, 0.25) is 0 Å². The number of fused-ring (bicyclic) bond motifs is 3. The summed E-state index contributed by atoms with van der Waals surface area (Å²) in [5.74, 6) is 1.67. The molecule has 1 aliphatic heterocycles. The SMILES string of the molecule is O=C(O)Cn1ccc2c(OCCCCN3c4ccccc4Oc4ccccc43)cccc21. The summed E-state index contributed by atoms with van der Waals surface area (Å²) >= 11 is 0. The molecule has 1 N–H and O–H groups in total. The Bertz CT molecular complexity index is 1220. The molecule has 1 aromatic heterocycles. The summed E-state index contributed by atoms with van der Waals surface area (Å²) in [7, 11) is 0. The lowest BCUT2D eigenvalue weighted by Gasteiger charge is -2.32. The minimum atomic E-state index is -0.861. The van der Waals surface area contributed by atoms with Crippen molar-refractivity contribution in [2.75, 3.05) is 18.1 Å². The van der Waals surface area contributed by atoms with Crippen molar-refractivity contribution < 1.29 is 19.4 Å². The third-order valence-corrected chi connectivity index (χ3v) is 5.64. The molecule has 0 saturated carbocycles. The lowest BCUT2D eigenvalue weighted by molar-refractivity contribution is -0.137. The maximum atomic E-state index is 11.1. The molecule has 0 amide bonds. The van der Waals surface area contributed by atoms with Crippen molar-refractivity contribution in [3.63, 3.8) is 0 Å². The van der Waals surface area contributed by atoms with E-state index in [0.717, 1.165) is 58.9 Å². The van der Waals surface area contributed by atoms with Gasteiger partial charge in [0.05, 0.1) is 23.5 Å². The van der Waals surface area contributed by atoms with Crippen LogP contribution in [0, 0.1) is 0 Å². The van der Waals surface area contributed by atoms with Crippen LogP contribution in [-0.4, -0.2) is 28.8 Å². The Balaban J connectivity index is 1.23. The molecule has 3 aromatic carbocycles. The highest BCUT2D eigenvalue weighted by molar-refractivity contribution is 5.87. The van der Waals surface area contributed by atoms with Crippen LogP contribution in [-0.2, 0) is 11.3 Å². The Hall–Kier alpha value is -3.93. The van der Waals surface area contributed by atoms with Gasteiger partial charge in [0.25, 0.3) is 0 Å². The molecule has 0 bridgehead atoms. The second-order valence-corrected chi connectivity index (χ2v) is 7.77. The first-order chi connectivity index (χ1) is 15.7. The van der Waals surface area contributed by atoms with E-state index in [1.54, 1.807) is 10.8 Å². The van der Waals surface area contributed by atoms with Gasteiger partial charge in [0.1, 0.15) is 12.3 Å². The third-order valence-electron chi connectivity index (χ3n) is 5.64. The predicted octanol–water partition coefficient (Wildman–Crippen LogP) is 5.83. The fraction of sp³-hybridized carbons (Fsp3) is 0.192. The summed E-state index contributed by atoms with van der Waals surface area (Å²) in [4.78, 5) is 13.4. The van der Waals surface area contributed by atoms with Gasteiger partial charge >= 0.3 is 5.97 Å². The molecule has 6 nitrogen and oxygen atoms in total. The summed E-state index contributed by atoms with van der Waals surface area (Å²) in [5.41, 5.74) is 3.03. The zero-order valence-corrected chi connectivity index (χ0v) is 17.6. The molecule has 162 valence electrons. The number of hydrogen-bond donors (Lipinski definition) is 1. The molecule has 0 spiro atoms. The number of carbonyl (C=O) groups is 1. The molecule has 5 rings (SSSR count). The number of carboxylic acid groups (broad SMARTS) is 1. The van der Waals surface area contributed by atoms with E-state index in [1.807, 2.05) is 60.7 Å². The zero-order chi connectivity index (χ0) is 21.9. The first kappa shape index (κ1) is 20.0. The molecule has 32 heavy (non-hydrogen) atoms. The molecular weight excluding hydrogens is 404 g/mol. The number of benzene rings is 3. The number of hydrogen-bond acceptors (Lipinski definition) is 4. The highest BCUT2D eigenvalue weighted by Gasteiger charge is 2.23. The first-order valence-corrected chi connectivity index (χ1v) is 10.8. The lowest BCUT2D eigenvalue weighted by Crippen LogP contribution is -2.22. The fourth-order valence-corrected chi connectivity index (χ4v) is 4.18. The Morgan fingerprint density at radius 1 is 0.875 bits per heavy atom. The third kappa shape index (κ3) is 3.87. The van der Waals surface area contributed by atoms with Crippen molar-refractivity contribution in [3.8, 4) is 17.2 Å². The molecule has 0 atom stereocenters. The van der Waals surface area contributed by atoms with Gasteiger partial charge in [-0.1, -0.05) is 30.3 Å². The van der Waals surface area contributed by atoms with Gasteiger partial charge in [-0.2, -0.15) is 0 Å². The maximum Gasteiger partial charge on any atom is 0.323 e. The van der Waals surface area contributed by atoms with Gasteiger partial charge in [-0.25, -0.2) is 0 Å². The van der Waals surface area contributed by atoms with E-state index in [2.05, 4.69) is 17.0 Å². The molecule has 6 heteroatoms. The van der Waals surface area contributed by atoms with Gasteiger partial charge in [0.15, 0.2) is 11.5 Å². The molecule has 1 aliphatic rings. The van der Waals surface area contributed by atoms with Crippen molar-refractivity contribution in [1.29, 1.82) is 0 Å². The number of unbranched alkanes of at least 4 members (excludes halogenated alkanes) is 1. The smallest absolute Gasteiger partial charge is 0.323 e. The minimum Gasteiger partial charge on any atom is -0.493 e. The summed E-state index contributed by atoms with van der Waals surface area (Å²) in [6, 6.07) is 23.9. The largest absolute Gasteiger partial charge is 0.493 e. The highest BCUT2D eigenvalue weighted by Crippen LogP contribution is 2.46. The van der Waals surface area contributed by atoms with Gasteiger partial charge < -0.3 is 24.0 Å². The fourth-order valence-electron chi connectivity index (χ4n) is 4.18. The second kappa shape index (κ2) is 8.67. The molecule has 0 unspecified atom stereocenters. The number of aromatic nitrogens is 1. The first-order valence-electron chi connectivity index (χ1n) is 10.8. The van der Waals surface area contributed by atoms with E-state index < -0.39 is 5.97 Å². The van der Waals surface area contributed by atoms with Crippen LogP contribution in [0.5, 0.6) is 17.2 Å². The van der Waals surface area contributed by atoms with Crippen LogP contribution in [0.4, 0.5) is 11.4 Å². The quantitative estimate of drug-likeness (QED) is 0.358. The van der Waals surface area contributed by atoms with Crippen LogP contribution in [0.3, 0.4) is 0 Å². The molecule has 2 heterocycles. The molecule has 0 radical (unpaired) electrons. The number of aliphatic carboxylic acids is 1. The number of ether oxygens (including phenoxy) is 2. The summed E-state index contributed by atoms with van der Waals surface area (Å²) < 4.78 is 13.8. The average molecular weight is 428 g/mol. The van der Waals surface area contributed by atoms with Gasteiger partial charge in [-0.15, -0.1) is 0 Å². The normalized spacial score (nSPS) is 12.2. The van der Waals surface area contributed by atoms with Crippen molar-refractivity contribution in [2.24, 2.45) is 0 Å². The number of rotatable bonds is 8. The van der Waals surface area contributed by atoms with Crippen LogP contribution in [0.2, 0.25) is 0 Å². The second-order valence-electron chi connectivity index (χ2n) is 7.77. The minimum absolute atomic E-state index is 0.0601. The van der Waals surface area contributed by atoms with Crippen LogP contribution in [0.25, 0.3) is 10.9 Å². The molecular formula is C26H24N2O4. The van der Waals surface area contributed by atoms with Gasteiger partial charge in [0, 0.05) is 18.1 Å². The van der Waals surface area contributed by atoms with Crippen molar-refractivity contribution in [2.45, 2.75) is 19.4 Å². The van der Waals surface area contributed by atoms with Crippen LogP contribution in [0.15, 0.2) is 79.0 Å². The Morgan fingerprint density at radius 2 is 1.59 bits per heavy atom. The zero-order valence-electron chi connectivity index (χ0n) is 17.6. The topological polar surface area (TPSA) is 63.9 Å². The van der Waals surface area contributed by atoms with E-state index >= 15 is 0 Å². The van der Waals surface area contributed by atoms with E-state index in [-0.39, 0.29) is 6.54 Å². The highest BCUT2D eigenvalue weighted by atomic mass is 16.5. The predicted molar refractivity (Wildman–Crippen MR) is 124 cm³/mol. The monoisotopic (exact) mass is 428 g/mol. The number of anilines is 2. The standard InChI is InChI=1S/C26H24N2O4/c29-26(30)18-27-16-14-19-20(27)10-7-13-23(19)31-17-6-5-15-28-21-8-1-3-11-24(21)32-25-12-4-2-9-22(25)28/h1-4,7-14,16H,5-6,15,17-18H2,(H,29,30). The van der Waals surface area contributed by atoms with E-state index in [9.17, 15) is 4.79 Å². The van der Waals surface area contributed by atoms with Crippen molar-refractivity contribution in [1.82, 2.24) is 4.57 Å². The van der Waals surface area contributed by atoms with Crippen LogP contribution < -0.4 is 14.4 Å². The number of nitrogens with zero attached hydrogens (tertiary/aromatic N) is 2. The van der Waals surface area contributed by atoms with Crippen molar-refractivity contribution in [3.05, 3.63) is 79.0 Å². The Morgan fingerprint density at radius 3 is 2.31 bits per heavy atom. The Labute approximate surface area is 186 Å². The maximum absolute atomic E-state index is 11.1. The number of para-hydroxylation sites is 4. The molecule has 0 saturated heterocycles. The van der Waals surface area contributed by atoms with Crippen LogP contribution in [0.1, 0.15) is 12.8 Å². The van der Waals surface area contributed by atoms with E-state index in [1.165, 1.54) is 0 Å². The van der Waals surface area contributed by atoms with Gasteiger partial charge in [-0.05, 0) is 55.3 Å². The summed E-state index contributed by atoms with van der Waals surface area (Å²) in [6.45, 7) is 1.40. The lowest BCUT2D eigenvalue weighted by atomic mass is 10.1.